The molecule has 3 heterocycles. The number of rotatable bonds is 5. The van der Waals surface area contributed by atoms with Gasteiger partial charge in [-0.15, -0.1) is 11.3 Å². The molecule has 0 bridgehead atoms. The highest BCUT2D eigenvalue weighted by Crippen LogP contribution is 2.29. The van der Waals surface area contributed by atoms with E-state index in [0.29, 0.717) is 33.7 Å². The number of carbonyl (C=O) groups excluding carboxylic acids is 2. The Bertz CT molecular complexity index is 899. The fraction of sp³-hybridized carbons (Fsp3) is 0.529. The Balaban J connectivity index is 1.88. The number of hydrogen-bond donors (Lipinski definition) is 1. The van der Waals surface area contributed by atoms with Crippen LogP contribution >= 0.6 is 11.3 Å². The zero-order valence-corrected chi connectivity index (χ0v) is 15.4. The number of amides is 1. The third kappa shape index (κ3) is 3.18. The van der Waals surface area contributed by atoms with E-state index in [1.165, 1.54) is 6.92 Å². The fourth-order valence-corrected chi connectivity index (χ4v) is 4.00. The van der Waals surface area contributed by atoms with Crippen molar-refractivity contribution in [3.8, 4) is 0 Å². The van der Waals surface area contributed by atoms with Crippen LogP contribution in [0.4, 0.5) is 0 Å². The van der Waals surface area contributed by atoms with Gasteiger partial charge in [-0.1, -0.05) is 6.92 Å². The molecule has 2 aromatic rings. The van der Waals surface area contributed by atoms with E-state index in [-0.39, 0.29) is 11.5 Å². The van der Waals surface area contributed by atoms with Crippen LogP contribution in [0.1, 0.15) is 47.7 Å². The molecule has 0 aliphatic carbocycles. The molecular formula is C17H21N3O4S. The van der Waals surface area contributed by atoms with Crippen LogP contribution in [0.15, 0.2) is 4.79 Å². The summed E-state index contributed by atoms with van der Waals surface area (Å²) in [6.45, 7) is 6.41. The Labute approximate surface area is 149 Å². The van der Waals surface area contributed by atoms with Gasteiger partial charge in [-0.3, -0.25) is 14.2 Å². The molecule has 0 radical (unpaired) electrons. The van der Waals surface area contributed by atoms with Gasteiger partial charge in [0.2, 0.25) is 0 Å². The van der Waals surface area contributed by atoms with Crippen molar-refractivity contribution >= 4 is 33.4 Å². The first-order valence-electron chi connectivity index (χ1n) is 8.45. The van der Waals surface area contributed by atoms with Crippen LogP contribution < -0.4 is 10.9 Å². The molecule has 1 amide bonds. The molecule has 134 valence electrons. The summed E-state index contributed by atoms with van der Waals surface area (Å²) in [5.74, 6) is -0.152. The van der Waals surface area contributed by atoms with E-state index in [2.05, 4.69) is 10.3 Å². The highest BCUT2D eigenvalue weighted by Gasteiger charge is 2.26. The number of nitrogens with one attached hydrogen (secondary N) is 1. The smallest absolute Gasteiger partial charge is 0.349 e. The summed E-state index contributed by atoms with van der Waals surface area (Å²) in [6, 6.07) is 0. The van der Waals surface area contributed by atoms with E-state index in [0.717, 1.165) is 36.4 Å². The second kappa shape index (κ2) is 6.95. The third-order valence-electron chi connectivity index (χ3n) is 4.30. The number of nitrogens with zero attached hydrogens (tertiary/aromatic N) is 2. The lowest BCUT2D eigenvalue weighted by Crippen LogP contribution is -2.36. The molecular weight excluding hydrogens is 342 g/mol. The van der Waals surface area contributed by atoms with E-state index in [4.69, 9.17) is 4.74 Å². The van der Waals surface area contributed by atoms with Gasteiger partial charge in [-0.05, 0) is 32.3 Å². The van der Waals surface area contributed by atoms with Crippen molar-refractivity contribution in [3.63, 3.8) is 0 Å². The third-order valence-corrected chi connectivity index (χ3v) is 5.46. The summed E-state index contributed by atoms with van der Waals surface area (Å²) < 4.78 is 6.95. The zero-order valence-electron chi connectivity index (χ0n) is 14.5. The van der Waals surface area contributed by atoms with Crippen molar-refractivity contribution in [3.05, 3.63) is 26.6 Å². The maximum Gasteiger partial charge on any atom is 0.349 e. The zero-order chi connectivity index (χ0) is 18.1. The first kappa shape index (κ1) is 17.6. The van der Waals surface area contributed by atoms with Crippen molar-refractivity contribution in [1.82, 2.24) is 14.9 Å². The molecule has 0 spiro atoms. The molecule has 0 fully saturated rings. The minimum Gasteiger partial charge on any atom is -0.448 e. The first-order chi connectivity index (χ1) is 11.9. The van der Waals surface area contributed by atoms with Crippen LogP contribution in [0.2, 0.25) is 0 Å². The number of thiophene rings is 1. The van der Waals surface area contributed by atoms with Gasteiger partial charge in [-0.2, -0.15) is 0 Å². The highest BCUT2D eigenvalue weighted by atomic mass is 32.1. The maximum absolute atomic E-state index is 12.6. The highest BCUT2D eigenvalue weighted by molar-refractivity contribution is 7.20. The van der Waals surface area contributed by atoms with Gasteiger partial charge in [0.15, 0.2) is 6.10 Å². The summed E-state index contributed by atoms with van der Waals surface area (Å²) in [4.78, 5) is 42.4. The van der Waals surface area contributed by atoms with Gasteiger partial charge in [-0.25, -0.2) is 9.78 Å². The number of carbonyl (C=O) groups is 2. The van der Waals surface area contributed by atoms with Crippen LogP contribution in [0.5, 0.6) is 0 Å². The van der Waals surface area contributed by atoms with Crippen molar-refractivity contribution in [2.24, 2.45) is 0 Å². The molecule has 0 unspecified atom stereocenters. The standard InChI is InChI=1S/C17H21N3O4S/c1-4-7-18-14(21)10(3)24-17(23)13-9(2)12-15(25-13)19-11-6-5-8-20(11)16(12)22/h10H,4-8H2,1-3H3,(H,18,21)/t10-/m0/s1. The van der Waals surface area contributed by atoms with Crippen LogP contribution in [0.25, 0.3) is 10.2 Å². The number of aromatic nitrogens is 2. The van der Waals surface area contributed by atoms with Gasteiger partial charge in [0.1, 0.15) is 15.5 Å². The van der Waals surface area contributed by atoms with Crippen LogP contribution in [-0.2, 0) is 22.5 Å². The molecule has 25 heavy (non-hydrogen) atoms. The Hall–Kier alpha value is -2.22. The number of aryl methyl sites for hydroxylation is 2. The second-order valence-electron chi connectivity index (χ2n) is 6.16. The number of ether oxygens (including phenoxy) is 1. The topological polar surface area (TPSA) is 90.3 Å². The van der Waals surface area contributed by atoms with Crippen molar-refractivity contribution in [2.45, 2.75) is 52.7 Å². The summed E-state index contributed by atoms with van der Waals surface area (Å²) in [6.07, 6.45) is 1.61. The van der Waals surface area contributed by atoms with Crippen molar-refractivity contribution < 1.29 is 14.3 Å². The maximum atomic E-state index is 12.6. The Kier molecular flexibility index (Phi) is 4.89. The first-order valence-corrected chi connectivity index (χ1v) is 9.27. The molecule has 3 rings (SSSR count). The van der Waals surface area contributed by atoms with E-state index >= 15 is 0 Å². The number of esters is 1. The van der Waals surface area contributed by atoms with Crippen molar-refractivity contribution in [2.75, 3.05) is 6.54 Å². The van der Waals surface area contributed by atoms with Crippen LogP contribution in [0, 0.1) is 6.92 Å². The Morgan fingerprint density at radius 3 is 2.92 bits per heavy atom. The summed E-state index contributed by atoms with van der Waals surface area (Å²) >= 11 is 1.15. The van der Waals surface area contributed by atoms with Gasteiger partial charge in [0.25, 0.3) is 11.5 Å². The summed E-state index contributed by atoms with van der Waals surface area (Å²) in [7, 11) is 0. The molecule has 0 saturated carbocycles. The van der Waals surface area contributed by atoms with Crippen molar-refractivity contribution in [1.29, 1.82) is 0 Å². The second-order valence-corrected chi connectivity index (χ2v) is 7.16. The lowest BCUT2D eigenvalue weighted by atomic mass is 10.2. The average Bonchev–Trinajstić information content (AvgIpc) is 3.17. The van der Waals surface area contributed by atoms with Gasteiger partial charge >= 0.3 is 5.97 Å². The number of hydrogen-bond acceptors (Lipinski definition) is 6. The number of fused-ring (bicyclic) bond motifs is 2. The van der Waals surface area contributed by atoms with Gasteiger partial charge < -0.3 is 10.1 Å². The van der Waals surface area contributed by atoms with E-state index in [1.54, 1.807) is 11.5 Å². The van der Waals surface area contributed by atoms with E-state index in [9.17, 15) is 14.4 Å². The monoisotopic (exact) mass is 363 g/mol. The minimum absolute atomic E-state index is 0.0981. The molecule has 0 aromatic carbocycles. The Morgan fingerprint density at radius 2 is 2.20 bits per heavy atom. The van der Waals surface area contributed by atoms with Crippen LogP contribution in [0.3, 0.4) is 0 Å². The summed E-state index contributed by atoms with van der Waals surface area (Å²) in [5, 5.41) is 3.17. The predicted octanol–water partition coefficient (Wildman–Crippen LogP) is 1.78. The molecule has 1 atom stereocenters. The molecule has 1 aliphatic heterocycles. The Morgan fingerprint density at radius 1 is 1.44 bits per heavy atom. The lowest BCUT2D eigenvalue weighted by Gasteiger charge is -2.12. The summed E-state index contributed by atoms with van der Waals surface area (Å²) in [5.41, 5.74) is 0.477. The van der Waals surface area contributed by atoms with E-state index in [1.807, 2.05) is 6.92 Å². The SMILES string of the molecule is CCCNC(=O)[C@H](C)OC(=O)c1sc2nc3n(c(=O)c2c1C)CCC3. The normalized spacial score (nSPS) is 14.4. The van der Waals surface area contributed by atoms with Gasteiger partial charge in [0, 0.05) is 19.5 Å². The average molecular weight is 363 g/mol. The lowest BCUT2D eigenvalue weighted by molar-refractivity contribution is -0.129. The predicted molar refractivity (Wildman–Crippen MR) is 95.1 cm³/mol. The quantitative estimate of drug-likeness (QED) is 0.818. The molecule has 7 nitrogen and oxygen atoms in total. The molecule has 0 saturated heterocycles. The molecule has 2 aromatic heterocycles. The molecule has 1 aliphatic rings. The molecule has 1 N–H and O–H groups in total. The largest absolute Gasteiger partial charge is 0.448 e. The van der Waals surface area contributed by atoms with Crippen LogP contribution in [-0.4, -0.2) is 34.1 Å². The fourth-order valence-electron chi connectivity index (χ4n) is 2.93. The molecule has 8 heteroatoms. The van der Waals surface area contributed by atoms with E-state index < -0.39 is 12.1 Å². The minimum atomic E-state index is -0.886. The van der Waals surface area contributed by atoms with Gasteiger partial charge in [0.05, 0.1) is 5.39 Å².